The van der Waals surface area contributed by atoms with Crippen molar-refractivity contribution in [1.82, 2.24) is 0 Å². The van der Waals surface area contributed by atoms with Crippen molar-refractivity contribution in [1.29, 1.82) is 5.26 Å². The molecule has 1 rings (SSSR count). The van der Waals surface area contributed by atoms with Crippen LogP contribution in [-0.2, 0) is 0 Å². The number of nitrogens with one attached hydrogen (secondary N) is 1. The zero-order chi connectivity index (χ0) is 12.1. The fraction of sp³-hybridized carbons (Fsp3) is 0.300. The SMILES string of the molecule is CC(N)CNc1cc(C#N)ccc1[N+](=O)[O-]. The Kier molecular flexibility index (Phi) is 3.80. The lowest BCUT2D eigenvalue weighted by molar-refractivity contribution is -0.384. The number of rotatable bonds is 4. The third-order valence-corrected chi connectivity index (χ3v) is 1.94. The maximum atomic E-state index is 10.7. The molecule has 0 spiro atoms. The van der Waals surface area contributed by atoms with Gasteiger partial charge in [0.15, 0.2) is 0 Å². The first kappa shape index (κ1) is 11.9. The molecule has 0 saturated carbocycles. The van der Waals surface area contributed by atoms with Crippen molar-refractivity contribution in [3.63, 3.8) is 0 Å². The summed E-state index contributed by atoms with van der Waals surface area (Å²) in [4.78, 5) is 10.2. The Hall–Kier alpha value is -2.13. The van der Waals surface area contributed by atoms with Gasteiger partial charge in [-0.2, -0.15) is 5.26 Å². The third-order valence-electron chi connectivity index (χ3n) is 1.94. The van der Waals surface area contributed by atoms with Gasteiger partial charge in [-0.15, -0.1) is 0 Å². The number of nitrogens with zero attached hydrogens (tertiary/aromatic N) is 2. The van der Waals surface area contributed by atoms with E-state index in [1.54, 1.807) is 6.92 Å². The number of anilines is 1. The number of nitro benzene ring substituents is 1. The molecule has 6 heteroatoms. The quantitative estimate of drug-likeness (QED) is 0.586. The Morgan fingerprint density at radius 2 is 2.38 bits per heavy atom. The predicted octanol–water partition coefficient (Wildman–Crippen LogP) is 1.23. The number of hydrogen-bond donors (Lipinski definition) is 2. The fourth-order valence-electron chi connectivity index (χ4n) is 1.18. The van der Waals surface area contributed by atoms with Gasteiger partial charge in [0.05, 0.1) is 16.6 Å². The molecule has 1 aromatic rings. The highest BCUT2D eigenvalue weighted by Gasteiger charge is 2.13. The minimum Gasteiger partial charge on any atom is -0.378 e. The summed E-state index contributed by atoms with van der Waals surface area (Å²) in [6, 6.07) is 5.97. The van der Waals surface area contributed by atoms with Gasteiger partial charge in [-0.3, -0.25) is 10.1 Å². The highest BCUT2D eigenvalue weighted by atomic mass is 16.6. The second kappa shape index (κ2) is 5.09. The van der Waals surface area contributed by atoms with Crippen LogP contribution in [0.15, 0.2) is 18.2 Å². The summed E-state index contributed by atoms with van der Waals surface area (Å²) in [7, 11) is 0. The molecule has 16 heavy (non-hydrogen) atoms. The first-order valence-corrected chi connectivity index (χ1v) is 4.72. The number of hydrogen-bond acceptors (Lipinski definition) is 5. The van der Waals surface area contributed by atoms with Gasteiger partial charge in [0.2, 0.25) is 0 Å². The summed E-state index contributed by atoms with van der Waals surface area (Å²) < 4.78 is 0. The molecule has 1 aromatic carbocycles. The topological polar surface area (TPSA) is 105 Å². The average molecular weight is 220 g/mol. The van der Waals surface area contributed by atoms with Crippen LogP contribution in [0.25, 0.3) is 0 Å². The second-order valence-corrected chi connectivity index (χ2v) is 3.46. The van der Waals surface area contributed by atoms with Crippen molar-refractivity contribution in [2.24, 2.45) is 5.73 Å². The van der Waals surface area contributed by atoms with E-state index in [1.807, 2.05) is 6.07 Å². The number of nitro groups is 1. The van der Waals surface area contributed by atoms with E-state index in [0.29, 0.717) is 17.8 Å². The van der Waals surface area contributed by atoms with Gasteiger partial charge in [-0.1, -0.05) is 0 Å². The first-order chi connectivity index (χ1) is 7.54. The average Bonchev–Trinajstić information content (AvgIpc) is 2.25. The van der Waals surface area contributed by atoms with E-state index in [0.717, 1.165) is 0 Å². The Bertz CT molecular complexity index is 437. The van der Waals surface area contributed by atoms with Crippen molar-refractivity contribution in [3.05, 3.63) is 33.9 Å². The lowest BCUT2D eigenvalue weighted by atomic mass is 10.2. The van der Waals surface area contributed by atoms with Crippen molar-refractivity contribution >= 4 is 11.4 Å². The Labute approximate surface area is 92.8 Å². The first-order valence-electron chi connectivity index (χ1n) is 4.72. The molecule has 1 unspecified atom stereocenters. The van der Waals surface area contributed by atoms with E-state index in [9.17, 15) is 10.1 Å². The molecule has 0 aliphatic carbocycles. The van der Waals surface area contributed by atoms with Gasteiger partial charge in [0.1, 0.15) is 5.69 Å². The molecule has 0 fully saturated rings. The van der Waals surface area contributed by atoms with E-state index < -0.39 is 4.92 Å². The van der Waals surface area contributed by atoms with E-state index in [1.165, 1.54) is 18.2 Å². The van der Waals surface area contributed by atoms with Crippen molar-refractivity contribution in [2.45, 2.75) is 13.0 Å². The molecular formula is C10H12N4O2. The maximum absolute atomic E-state index is 10.7. The summed E-state index contributed by atoms with van der Waals surface area (Å²) in [5, 5.41) is 22.3. The zero-order valence-corrected chi connectivity index (χ0v) is 8.80. The minimum absolute atomic E-state index is 0.0559. The second-order valence-electron chi connectivity index (χ2n) is 3.46. The van der Waals surface area contributed by atoms with Gasteiger partial charge in [0.25, 0.3) is 5.69 Å². The van der Waals surface area contributed by atoms with Gasteiger partial charge in [-0.25, -0.2) is 0 Å². The molecule has 3 N–H and O–H groups in total. The van der Waals surface area contributed by atoms with Crippen LogP contribution in [0, 0.1) is 21.4 Å². The molecule has 0 bridgehead atoms. The highest BCUT2D eigenvalue weighted by molar-refractivity contribution is 5.64. The van der Waals surface area contributed by atoms with E-state index in [2.05, 4.69) is 5.32 Å². The molecule has 0 aliphatic heterocycles. The largest absolute Gasteiger partial charge is 0.378 e. The van der Waals surface area contributed by atoms with E-state index >= 15 is 0 Å². The summed E-state index contributed by atoms with van der Waals surface area (Å²) in [5.74, 6) is 0. The van der Waals surface area contributed by atoms with Crippen molar-refractivity contribution < 1.29 is 4.92 Å². The smallest absolute Gasteiger partial charge is 0.292 e. The number of nitrogens with two attached hydrogens (primary N) is 1. The lowest BCUT2D eigenvalue weighted by Gasteiger charge is -2.09. The van der Waals surface area contributed by atoms with E-state index in [4.69, 9.17) is 11.0 Å². The third kappa shape index (κ3) is 2.93. The summed E-state index contributed by atoms with van der Waals surface area (Å²) in [5.41, 5.74) is 6.18. The molecule has 0 aliphatic rings. The molecule has 0 heterocycles. The molecule has 6 nitrogen and oxygen atoms in total. The normalized spacial score (nSPS) is 11.6. The van der Waals surface area contributed by atoms with Crippen LogP contribution in [0.5, 0.6) is 0 Å². The monoisotopic (exact) mass is 220 g/mol. The maximum Gasteiger partial charge on any atom is 0.292 e. The fourth-order valence-corrected chi connectivity index (χ4v) is 1.18. The molecule has 84 valence electrons. The van der Waals surface area contributed by atoms with Crippen molar-refractivity contribution in [2.75, 3.05) is 11.9 Å². The van der Waals surface area contributed by atoms with Crippen LogP contribution in [0.2, 0.25) is 0 Å². The van der Waals surface area contributed by atoms with Gasteiger partial charge >= 0.3 is 0 Å². The number of nitriles is 1. The Morgan fingerprint density at radius 1 is 1.69 bits per heavy atom. The standard InChI is InChI=1S/C10H12N4O2/c1-7(12)6-13-9-4-8(5-11)2-3-10(9)14(15)16/h2-4,7,13H,6,12H2,1H3. The minimum atomic E-state index is -0.495. The van der Waals surface area contributed by atoms with Crippen LogP contribution in [0.3, 0.4) is 0 Å². The molecule has 1 atom stereocenters. The molecular weight excluding hydrogens is 208 g/mol. The molecule has 0 saturated heterocycles. The van der Waals surface area contributed by atoms with E-state index in [-0.39, 0.29) is 11.7 Å². The summed E-state index contributed by atoms with van der Waals surface area (Å²) in [6.07, 6.45) is 0. The van der Waals surface area contributed by atoms with Crippen LogP contribution in [-0.4, -0.2) is 17.5 Å². The van der Waals surface area contributed by atoms with Gasteiger partial charge in [0, 0.05) is 18.7 Å². The molecule has 0 radical (unpaired) electrons. The van der Waals surface area contributed by atoms with Gasteiger partial charge in [-0.05, 0) is 19.1 Å². The summed E-state index contributed by atoms with van der Waals surface area (Å²) >= 11 is 0. The lowest BCUT2D eigenvalue weighted by Crippen LogP contribution is -2.25. The molecule has 0 aromatic heterocycles. The zero-order valence-electron chi connectivity index (χ0n) is 8.80. The number of benzene rings is 1. The van der Waals surface area contributed by atoms with Crippen LogP contribution < -0.4 is 11.1 Å². The molecule has 0 amide bonds. The Balaban J connectivity index is 3.02. The van der Waals surface area contributed by atoms with Crippen LogP contribution in [0.1, 0.15) is 12.5 Å². The van der Waals surface area contributed by atoms with Crippen molar-refractivity contribution in [3.8, 4) is 6.07 Å². The summed E-state index contributed by atoms with van der Waals surface area (Å²) in [6.45, 7) is 2.20. The highest BCUT2D eigenvalue weighted by Crippen LogP contribution is 2.24. The van der Waals surface area contributed by atoms with Crippen LogP contribution >= 0.6 is 0 Å². The van der Waals surface area contributed by atoms with Gasteiger partial charge < -0.3 is 11.1 Å². The predicted molar refractivity (Wildman–Crippen MR) is 60.0 cm³/mol. The van der Waals surface area contributed by atoms with Crippen LogP contribution in [0.4, 0.5) is 11.4 Å². The Morgan fingerprint density at radius 3 is 2.88 bits per heavy atom.